The number of pyridine rings is 1. The van der Waals surface area contributed by atoms with E-state index >= 15 is 0 Å². The summed E-state index contributed by atoms with van der Waals surface area (Å²) in [6.45, 7) is 2.82. The van der Waals surface area contributed by atoms with Crippen molar-refractivity contribution in [1.82, 2.24) is 23.7 Å². The zero-order chi connectivity index (χ0) is 25.8. The van der Waals surface area contributed by atoms with Gasteiger partial charge < -0.3 is 4.57 Å². The lowest BCUT2D eigenvalue weighted by molar-refractivity contribution is 0.540. The minimum absolute atomic E-state index is 0.271. The summed E-state index contributed by atoms with van der Waals surface area (Å²) in [5.74, 6) is 0. The van der Waals surface area contributed by atoms with Gasteiger partial charge in [-0.2, -0.15) is 4.98 Å². The van der Waals surface area contributed by atoms with Gasteiger partial charge in [-0.1, -0.05) is 64.7 Å². The molecule has 0 aliphatic rings. The Kier molecular flexibility index (Phi) is 7.86. The summed E-state index contributed by atoms with van der Waals surface area (Å²) < 4.78 is 3.92. The number of H-pyrrole nitrogens is 1. The van der Waals surface area contributed by atoms with Crippen molar-refractivity contribution in [3.63, 3.8) is 0 Å². The number of rotatable bonds is 11. The van der Waals surface area contributed by atoms with Crippen LogP contribution in [0, 0.1) is 0 Å². The third-order valence-corrected chi connectivity index (χ3v) is 7.13. The first kappa shape index (κ1) is 25.6. The minimum Gasteiger partial charge on any atom is -0.327 e. The van der Waals surface area contributed by atoms with Crippen molar-refractivity contribution in [2.75, 3.05) is 0 Å². The number of benzene rings is 1. The van der Waals surface area contributed by atoms with Gasteiger partial charge in [0, 0.05) is 26.0 Å². The number of aryl methyl sites for hydroxylation is 1. The second kappa shape index (κ2) is 11.1. The maximum absolute atomic E-state index is 13.0. The summed E-state index contributed by atoms with van der Waals surface area (Å²) in [6, 6.07) is 5.09. The van der Waals surface area contributed by atoms with E-state index in [4.69, 9.17) is 0 Å². The van der Waals surface area contributed by atoms with Gasteiger partial charge in [0.05, 0.1) is 21.8 Å². The molecule has 0 aliphatic carbocycles. The average molecular weight is 494 g/mol. The molecule has 0 fully saturated rings. The number of nitrogens with one attached hydrogen (secondary N) is 1. The lowest BCUT2D eigenvalue weighted by atomic mass is 10.1. The molecule has 36 heavy (non-hydrogen) atoms. The molecule has 0 unspecified atom stereocenters. The third-order valence-electron chi connectivity index (χ3n) is 7.13. The van der Waals surface area contributed by atoms with Gasteiger partial charge in [-0.15, -0.1) is 0 Å². The van der Waals surface area contributed by atoms with Gasteiger partial charge in [0.15, 0.2) is 0 Å². The van der Waals surface area contributed by atoms with Crippen molar-refractivity contribution in [3.05, 3.63) is 59.9 Å². The monoisotopic (exact) mass is 493 g/mol. The van der Waals surface area contributed by atoms with Crippen LogP contribution in [-0.4, -0.2) is 23.7 Å². The van der Waals surface area contributed by atoms with Crippen molar-refractivity contribution >= 4 is 32.8 Å². The van der Waals surface area contributed by atoms with Crippen molar-refractivity contribution < 1.29 is 0 Å². The molecule has 1 aromatic carbocycles. The Bertz CT molecular complexity index is 1640. The lowest BCUT2D eigenvalue weighted by Crippen LogP contribution is -2.34. The van der Waals surface area contributed by atoms with Crippen LogP contribution in [0.2, 0.25) is 0 Å². The topological polar surface area (TPSA) is 112 Å². The summed E-state index contributed by atoms with van der Waals surface area (Å²) >= 11 is 0. The van der Waals surface area contributed by atoms with Crippen LogP contribution in [0.5, 0.6) is 0 Å². The molecule has 9 heteroatoms. The fourth-order valence-corrected chi connectivity index (χ4v) is 4.93. The van der Waals surface area contributed by atoms with Gasteiger partial charge in [0.2, 0.25) is 0 Å². The van der Waals surface area contributed by atoms with Crippen LogP contribution >= 0.6 is 0 Å². The summed E-state index contributed by atoms with van der Waals surface area (Å²) in [4.78, 5) is 57.4. The zero-order valence-corrected chi connectivity index (χ0v) is 21.4. The molecule has 0 radical (unpaired) electrons. The number of aromatic amines is 1. The number of hydrogen-bond donors (Lipinski definition) is 1. The molecule has 1 N–H and O–H groups in total. The molecule has 0 saturated heterocycles. The van der Waals surface area contributed by atoms with Gasteiger partial charge >= 0.3 is 11.4 Å². The van der Waals surface area contributed by atoms with Crippen LogP contribution in [0.1, 0.15) is 71.1 Å². The van der Waals surface area contributed by atoms with E-state index in [0.717, 1.165) is 33.9 Å². The van der Waals surface area contributed by atoms with Crippen LogP contribution in [-0.2, 0) is 20.6 Å². The van der Waals surface area contributed by atoms with Crippen LogP contribution in [0.3, 0.4) is 0 Å². The minimum atomic E-state index is -0.643. The molecule has 4 rings (SSSR count). The Morgan fingerprint density at radius 1 is 0.750 bits per heavy atom. The van der Waals surface area contributed by atoms with Crippen molar-refractivity contribution in [1.29, 1.82) is 0 Å². The van der Waals surface area contributed by atoms with Gasteiger partial charge in [-0.3, -0.25) is 23.7 Å². The van der Waals surface area contributed by atoms with Gasteiger partial charge in [-0.05, 0) is 24.6 Å². The SMILES string of the molecule is CCCCCCCCCCCCn1c2ccc3c(=O)n(C)c(=O)nc3c2cc2c(=O)n(C)c(=O)[nH]c21. The maximum atomic E-state index is 13.0. The lowest BCUT2D eigenvalue weighted by Gasteiger charge is -2.16. The summed E-state index contributed by atoms with van der Waals surface area (Å²) in [7, 11) is 2.82. The van der Waals surface area contributed by atoms with Crippen LogP contribution < -0.4 is 22.5 Å². The Hall–Kier alpha value is -3.49. The highest BCUT2D eigenvalue weighted by Crippen LogP contribution is 2.25. The number of aromatic nitrogens is 5. The molecular formula is C27H35N5O4. The number of nitrogens with zero attached hydrogens (tertiary/aromatic N) is 4. The Balaban J connectivity index is 1.69. The van der Waals surface area contributed by atoms with Crippen molar-refractivity contribution in [3.8, 4) is 0 Å². The largest absolute Gasteiger partial charge is 0.350 e. The first-order valence-electron chi connectivity index (χ1n) is 13.0. The van der Waals surface area contributed by atoms with E-state index in [1.54, 1.807) is 18.2 Å². The number of fused-ring (bicyclic) bond motifs is 4. The normalized spacial score (nSPS) is 11.8. The van der Waals surface area contributed by atoms with Crippen molar-refractivity contribution in [2.45, 2.75) is 77.7 Å². The Morgan fingerprint density at radius 2 is 1.36 bits per heavy atom. The summed E-state index contributed by atoms with van der Waals surface area (Å²) in [6.07, 6.45) is 12.0. The molecule has 0 saturated carbocycles. The fourth-order valence-electron chi connectivity index (χ4n) is 4.93. The van der Waals surface area contributed by atoms with Crippen LogP contribution in [0.15, 0.2) is 37.4 Å². The van der Waals surface area contributed by atoms with E-state index in [0.29, 0.717) is 28.4 Å². The smallest absolute Gasteiger partial charge is 0.327 e. The Labute approximate surface area is 208 Å². The van der Waals surface area contributed by atoms with E-state index in [9.17, 15) is 19.2 Å². The van der Waals surface area contributed by atoms with E-state index in [1.807, 2.05) is 4.57 Å². The molecule has 3 heterocycles. The van der Waals surface area contributed by atoms with Gasteiger partial charge in [0.1, 0.15) is 5.65 Å². The van der Waals surface area contributed by atoms with E-state index < -0.39 is 22.5 Å². The molecule has 0 bridgehead atoms. The maximum Gasteiger partial charge on any atom is 0.350 e. The molecule has 9 nitrogen and oxygen atoms in total. The highest BCUT2D eigenvalue weighted by Gasteiger charge is 2.16. The quantitative estimate of drug-likeness (QED) is 0.194. The number of unbranched alkanes of at least 4 members (excludes halogenated alkanes) is 9. The van der Waals surface area contributed by atoms with Crippen LogP contribution in [0.25, 0.3) is 32.8 Å². The standard InChI is InChI=1S/C27H35N5O4/c1-4-5-6-7-8-9-10-11-12-13-16-32-21-15-14-18-22(28-26(35)30(2)24(18)33)19(21)17-20-23(32)29-27(36)31(3)25(20)34/h14-15,17H,4-13,16H2,1-3H3,(H,29,36). The molecule has 4 aromatic rings. The highest BCUT2D eigenvalue weighted by atomic mass is 16.2. The van der Waals surface area contributed by atoms with Crippen molar-refractivity contribution in [2.24, 2.45) is 14.1 Å². The molecular weight excluding hydrogens is 458 g/mol. The molecule has 0 aliphatic heterocycles. The first-order valence-corrected chi connectivity index (χ1v) is 13.0. The predicted molar refractivity (Wildman–Crippen MR) is 144 cm³/mol. The Morgan fingerprint density at radius 3 is 2.03 bits per heavy atom. The zero-order valence-electron chi connectivity index (χ0n) is 21.4. The molecule has 192 valence electrons. The predicted octanol–water partition coefficient (Wildman–Crippen LogP) is 3.71. The second-order valence-electron chi connectivity index (χ2n) is 9.69. The van der Waals surface area contributed by atoms with E-state index in [-0.39, 0.29) is 5.52 Å². The van der Waals surface area contributed by atoms with E-state index in [2.05, 4.69) is 16.9 Å². The van der Waals surface area contributed by atoms with Gasteiger partial charge in [-0.25, -0.2) is 9.59 Å². The molecule has 0 spiro atoms. The van der Waals surface area contributed by atoms with Crippen LogP contribution in [0.4, 0.5) is 0 Å². The number of hydrogen-bond acceptors (Lipinski definition) is 5. The average Bonchev–Trinajstić information content (AvgIpc) is 2.87. The third kappa shape index (κ3) is 4.92. The van der Waals surface area contributed by atoms with Gasteiger partial charge in [0.25, 0.3) is 11.1 Å². The molecule has 0 amide bonds. The first-order chi connectivity index (χ1) is 17.3. The second-order valence-corrected chi connectivity index (χ2v) is 9.69. The molecule has 0 atom stereocenters. The van der Waals surface area contributed by atoms with E-state index in [1.165, 1.54) is 59.0 Å². The highest BCUT2D eigenvalue weighted by molar-refractivity contribution is 6.07. The summed E-state index contributed by atoms with van der Waals surface area (Å²) in [5, 5.41) is 1.18. The molecule has 3 aromatic heterocycles. The fraction of sp³-hybridized carbons (Fsp3) is 0.519. The summed E-state index contributed by atoms with van der Waals surface area (Å²) in [5.41, 5.74) is -0.563.